The van der Waals surface area contributed by atoms with Crippen molar-refractivity contribution in [3.8, 4) is 5.69 Å². The number of thioether (sulfide) groups is 1. The minimum absolute atomic E-state index is 0.0523. The summed E-state index contributed by atoms with van der Waals surface area (Å²) in [5.74, 6) is 0.167. The Morgan fingerprint density at radius 3 is 2.70 bits per heavy atom. The van der Waals surface area contributed by atoms with Crippen LogP contribution in [0.4, 0.5) is 0 Å². The summed E-state index contributed by atoms with van der Waals surface area (Å²) in [6.45, 7) is 6.65. The lowest BCUT2D eigenvalue weighted by molar-refractivity contribution is -0.118. The fourth-order valence-corrected chi connectivity index (χ4v) is 3.62. The van der Waals surface area contributed by atoms with Crippen molar-refractivity contribution in [3.05, 3.63) is 51.9 Å². The number of carbonyl (C=O) groups is 1. The molecule has 0 aliphatic carbocycles. The van der Waals surface area contributed by atoms with Crippen LogP contribution in [0.3, 0.4) is 0 Å². The number of hydrogen-bond acceptors (Lipinski definition) is 4. The molecule has 0 spiro atoms. The summed E-state index contributed by atoms with van der Waals surface area (Å²) in [5, 5.41) is 3.41. The van der Waals surface area contributed by atoms with Gasteiger partial charge in [0.25, 0.3) is 5.56 Å². The Hall–Kier alpha value is -2.54. The van der Waals surface area contributed by atoms with Gasteiger partial charge in [0.2, 0.25) is 5.91 Å². The molecule has 0 saturated heterocycles. The number of benzene rings is 1. The predicted molar refractivity (Wildman–Crippen MR) is 110 cm³/mol. The third-order valence-corrected chi connectivity index (χ3v) is 5.17. The molecule has 142 valence electrons. The Labute approximate surface area is 162 Å². The molecule has 0 atom stereocenters. The summed E-state index contributed by atoms with van der Waals surface area (Å²) in [7, 11) is 0. The first kappa shape index (κ1) is 19.2. The van der Waals surface area contributed by atoms with Gasteiger partial charge in [0.15, 0.2) is 5.16 Å². The summed E-state index contributed by atoms with van der Waals surface area (Å²) in [6, 6.07) is 9.55. The zero-order chi connectivity index (χ0) is 19.4. The van der Waals surface area contributed by atoms with Gasteiger partial charge in [-0.25, -0.2) is 4.98 Å². The number of fused-ring (bicyclic) bond motifs is 1. The van der Waals surface area contributed by atoms with E-state index in [1.807, 2.05) is 44.2 Å². The van der Waals surface area contributed by atoms with Crippen molar-refractivity contribution in [2.45, 2.75) is 38.8 Å². The number of aryl methyl sites for hydroxylation is 2. The predicted octanol–water partition coefficient (Wildman–Crippen LogP) is 3.34. The molecule has 6 nitrogen and oxygen atoms in total. The summed E-state index contributed by atoms with van der Waals surface area (Å²) < 4.78 is 1.57. The smallest absolute Gasteiger partial charge is 0.283 e. The van der Waals surface area contributed by atoms with Gasteiger partial charge in [-0.05, 0) is 38.5 Å². The van der Waals surface area contributed by atoms with Gasteiger partial charge in [0.1, 0.15) is 5.52 Å². The number of carbonyl (C=O) groups excluding carboxylic acids is 1. The first-order valence-electron chi connectivity index (χ1n) is 9.08. The van der Waals surface area contributed by atoms with E-state index in [4.69, 9.17) is 0 Å². The van der Waals surface area contributed by atoms with Crippen LogP contribution in [0.2, 0.25) is 0 Å². The van der Waals surface area contributed by atoms with Crippen molar-refractivity contribution in [3.63, 3.8) is 0 Å². The quantitative estimate of drug-likeness (QED) is 0.372. The average Bonchev–Trinajstić information content (AvgIpc) is 3.02. The molecule has 7 heteroatoms. The summed E-state index contributed by atoms with van der Waals surface area (Å²) in [5.41, 5.74) is 3.66. The molecule has 27 heavy (non-hydrogen) atoms. The zero-order valence-corrected chi connectivity index (χ0v) is 16.7. The molecule has 1 aromatic carbocycles. The largest absolute Gasteiger partial charge is 0.355 e. The van der Waals surface area contributed by atoms with Crippen molar-refractivity contribution in [1.82, 2.24) is 19.9 Å². The van der Waals surface area contributed by atoms with E-state index < -0.39 is 0 Å². The second-order valence-electron chi connectivity index (χ2n) is 6.58. The van der Waals surface area contributed by atoms with Gasteiger partial charge in [-0.15, -0.1) is 0 Å². The topological polar surface area (TPSA) is 79.8 Å². The molecular formula is C20H24N4O2S. The summed E-state index contributed by atoms with van der Waals surface area (Å²) >= 11 is 1.28. The maximum Gasteiger partial charge on any atom is 0.283 e. The van der Waals surface area contributed by atoms with Crippen molar-refractivity contribution in [2.75, 3.05) is 12.3 Å². The van der Waals surface area contributed by atoms with Gasteiger partial charge in [-0.3, -0.25) is 14.2 Å². The second kappa shape index (κ2) is 8.43. The van der Waals surface area contributed by atoms with E-state index in [0.29, 0.717) is 22.7 Å². The van der Waals surface area contributed by atoms with E-state index in [0.717, 1.165) is 29.8 Å². The maximum absolute atomic E-state index is 13.1. The molecule has 3 aromatic rings. The van der Waals surface area contributed by atoms with Gasteiger partial charge < -0.3 is 10.3 Å². The number of amides is 1. The van der Waals surface area contributed by atoms with Crippen LogP contribution in [0, 0.1) is 13.8 Å². The monoisotopic (exact) mass is 384 g/mol. The minimum atomic E-state index is -0.161. The van der Waals surface area contributed by atoms with Gasteiger partial charge in [0, 0.05) is 12.2 Å². The van der Waals surface area contributed by atoms with Crippen LogP contribution in [0.25, 0.3) is 16.7 Å². The molecule has 0 saturated carbocycles. The van der Waals surface area contributed by atoms with E-state index in [1.165, 1.54) is 11.8 Å². The van der Waals surface area contributed by atoms with E-state index in [1.54, 1.807) is 4.57 Å². The minimum Gasteiger partial charge on any atom is -0.355 e. The first-order valence-corrected chi connectivity index (χ1v) is 10.1. The fraction of sp³-hybridized carbons (Fsp3) is 0.350. The van der Waals surface area contributed by atoms with Crippen LogP contribution in [-0.2, 0) is 4.79 Å². The lowest BCUT2D eigenvalue weighted by atomic mass is 10.2. The molecule has 2 N–H and O–H groups in total. The molecule has 2 aromatic heterocycles. The first-order chi connectivity index (χ1) is 13.0. The van der Waals surface area contributed by atoms with Crippen LogP contribution < -0.4 is 10.9 Å². The maximum atomic E-state index is 13.1. The summed E-state index contributed by atoms with van der Waals surface area (Å²) in [4.78, 5) is 32.9. The van der Waals surface area contributed by atoms with Crippen LogP contribution in [0.15, 0.2) is 40.3 Å². The van der Waals surface area contributed by atoms with Gasteiger partial charge in [-0.1, -0.05) is 42.8 Å². The van der Waals surface area contributed by atoms with E-state index >= 15 is 0 Å². The van der Waals surface area contributed by atoms with Gasteiger partial charge >= 0.3 is 0 Å². The van der Waals surface area contributed by atoms with E-state index in [2.05, 4.69) is 22.2 Å². The number of aromatic amines is 1. The molecule has 3 rings (SSSR count). The number of aromatic nitrogens is 3. The van der Waals surface area contributed by atoms with E-state index in [-0.39, 0.29) is 17.2 Å². The molecular weight excluding hydrogens is 360 g/mol. The molecule has 0 fully saturated rings. The molecule has 0 aliphatic heterocycles. The van der Waals surface area contributed by atoms with Crippen molar-refractivity contribution in [1.29, 1.82) is 0 Å². The van der Waals surface area contributed by atoms with Crippen LogP contribution in [0.5, 0.6) is 0 Å². The molecule has 0 unspecified atom stereocenters. The van der Waals surface area contributed by atoms with Gasteiger partial charge in [-0.2, -0.15) is 0 Å². The standard InChI is InChI=1S/C20H24N4O2S/c1-4-5-10-21-17(25)12-27-20-23-16-11-14(3)22-18(16)19(26)24(20)15-8-6-13(2)7-9-15/h6-9,11,22H,4-5,10,12H2,1-3H3,(H,21,25). The molecule has 1 amide bonds. The number of unbranched alkanes of at least 4 members (excludes halogenated alkanes) is 1. The second-order valence-corrected chi connectivity index (χ2v) is 7.52. The normalized spacial score (nSPS) is 11.1. The lowest BCUT2D eigenvalue weighted by Gasteiger charge is -2.12. The number of hydrogen-bond donors (Lipinski definition) is 2. The fourth-order valence-electron chi connectivity index (χ4n) is 2.78. The third kappa shape index (κ3) is 4.42. The number of nitrogens with one attached hydrogen (secondary N) is 2. The SMILES string of the molecule is CCCCNC(=O)CSc1nc2cc(C)[nH]c2c(=O)n1-c1ccc(C)cc1. The van der Waals surface area contributed by atoms with Gasteiger partial charge in [0.05, 0.1) is 17.0 Å². The van der Waals surface area contributed by atoms with Crippen LogP contribution in [0.1, 0.15) is 31.0 Å². The zero-order valence-electron chi connectivity index (χ0n) is 15.8. The Kier molecular flexibility index (Phi) is 6.01. The highest BCUT2D eigenvalue weighted by Crippen LogP contribution is 2.21. The highest BCUT2D eigenvalue weighted by atomic mass is 32.2. The molecule has 0 radical (unpaired) electrons. The molecule has 0 aliphatic rings. The van der Waals surface area contributed by atoms with Crippen molar-refractivity contribution in [2.24, 2.45) is 0 Å². The van der Waals surface area contributed by atoms with Crippen molar-refractivity contribution >= 4 is 28.7 Å². The third-order valence-electron chi connectivity index (χ3n) is 4.23. The highest BCUT2D eigenvalue weighted by Gasteiger charge is 2.16. The molecule has 0 bridgehead atoms. The number of rotatable bonds is 7. The van der Waals surface area contributed by atoms with E-state index in [9.17, 15) is 9.59 Å². The molecule has 2 heterocycles. The van der Waals surface area contributed by atoms with Crippen molar-refractivity contribution < 1.29 is 4.79 Å². The lowest BCUT2D eigenvalue weighted by Crippen LogP contribution is -2.27. The Morgan fingerprint density at radius 2 is 2.00 bits per heavy atom. The average molecular weight is 385 g/mol. The summed E-state index contributed by atoms with van der Waals surface area (Å²) in [6.07, 6.45) is 1.99. The number of nitrogens with zero attached hydrogens (tertiary/aromatic N) is 2. The highest BCUT2D eigenvalue weighted by molar-refractivity contribution is 7.99. The van der Waals surface area contributed by atoms with Crippen LogP contribution in [-0.4, -0.2) is 32.7 Å². The Balaban J connectivity index is 1.97. The Morgan fingerprint density at radius 1 is 1.26 bits per heavy atom. The van der Waals surface area contributed by atoms with Crippen LogP contribution >= 0.6 is 11.8 Å². The number of H-pyrrole nitrogens is 1. The Bertz CT molecular complexity index is 1010.